The van der Waals surface area contributed by atoms with Crippen molar-refractivity contribution in [2.24, 2.45) is 0 Å². The molecule has 5 nitrogen and oxygen atoms in total. The number of aryl methyl sites for hydroxylation is 1. The fraction of sp³-hybridized carbons (Fsp3) is 0.143. The van der Waals surface area contributed by atoms with Gasteiger partial charge in [0.05, 0.1) is 18.1 Å². The third-order valence-electron chi connectivity index (χ3n) is 2.78. The zero-order chi connectivity index (χ0) is 14.2. The third kappa shape index (κ3) is 2.22. The molecule has 19 heavy (non-hydrogen) atoms. The highest BCUT2D eigenvalue weighted by molar-refractivity contribution is 5.98. The van der Waals surface area contributed by atoms with Crippen LogP contribution in [-0.4, -0.2) is 23.3 Å². The number of aromatic hydroxyl groups is 2. The number of rotatable bonds is 1. The highest BCUT2D eigenvalue weighted by Crippen LogP contribution is 2.31. The third-order valence-corrected chi connectivity index (χ3v) is 2.78. The van der Waals surface area contributed by atoms with Crippen molar-refractivity contribution < 1.29 is 19.7 Å². The van der Waals surface area contributed by atoms with E-state index >= 15 is 0 Å². The number of phenolic OH excluding ortho intramolecular Hbond substituents is 1. The van der Waals surface area contributed by atoms with Gasteiger partial charge in [-0.1, -0.05) is 6.07 Å². The smallest absolute Gasteiger partial charge is 0.338 e. The highest BCUT2D eigenvalue weighted by Gasteiger charge is 2.13. The van der Waals surface area contributed by atoms with Crippen LogP contribution in [0.5, 0.6) is 11.5 Å². The quantitative estimate of drug-likeness (QED) is 0.762. The van der Waals surface area contributed by atoms with Crippen molar-refractivity contribution in [1.82, 2.24) is 0 Å². The maximum atomic E-state index is 11.7. The maximum absolute atomic E-state index is 11.7. The van der Waals surface area contributed by atoms with Crippen LogP contribution < -0.4 is 5.43 Å². The molecule has 0 aliphatic carbocycles. The van der Waals surface area contributed by atoms with E-state index < -0.39 is 17.1 Å². The Bertz CT molecular complexity index is 734. The predicted octanol–water partition coefficient (Wildman–Crippen LogP) is 1.71. The average Bonchev–Trinajstić information content (AvgIpc) is 2.46. The number of benzene rings is 1. The number of ether oxygens (including phenoxy) is 1. The van der Waals surface area contributed by atoms with Crippen LogP contribution in [0.2, 0.25) is 0 Å². The molecule has 0 heterocycles. The Morgan fingerprint density at radius 2 is 1.84 bits per heavy atom. The Kier molecular flexibility index (Phi) is 3.12. The molecule has 0 radical (unpaired) electrons. The second-order valence-corrected chi connectivity index (χ2v) is 4.20. The van der Waals surface area contributed by atoms with Gasteiger partial charge in [-0.3, -0.25) is 4.79 Å². The molecule has 0 bridgehead atoms. The summed E-state index contributed by atoms with van der Waals surface area (Å²) < 4.78 is 4.56. The molecule has 0 unspecified atom stereocenters. The first kappa shape index (κ1) is 12.9. The molecule has 2 aromatic carbocycles. The normalized spacial score (nSPS) is 10.4. The van der Waals surface area contributed by atoms with Crippen molar-refractivity contribution in [3.05, 3.63) is 45.6 Å². The molecule has 0 aliphatic rings. The highest BCUT2D eigenvalue weighted by atomic mass is 16.5. The van der Waals surface area contributed by atoms with Crippen molar-refractivity contribution in [3.8, 4) is 11.5 Å². The molecule has 0 saturated carbocycles. The fourth-order valence-electron chi connectivity index (χ4n) is 1.94. The zero-order valence-corrected chi connectivity index (χ0v) is 10.4. The summed E-state index contributed by atoms with van der Waals surface area (Å²) in [4.78, 5) is 23.3. The monoisotopic (exact) mass is 260 g/mol. The van der Waals surface area contributed by atoms with Crippen molar-refractivity contribution in [2.45, 2.75) is 6.92 Å². The number of hydrogen-bond donors (Lipinski definition) is 2. The van der Waals surface area contributed by atoms with Crippen LogP contribution in [0.4, 0.5) is 0 Å². The van der Waals surface area contributed by atoms with Gasteiger partial charge in [0.15, 0.2) is 5.75 Å². The van der Waals surface area contributed by atoms with Gasteiger partial charge in [0, 0.05) is 6.07 Å². The summed E-state index contributed by atoms with van der Waals surface area (Å²) in [7, 11) is 1.20. The van der Waals surface area contributed by atoms with Crippen LogP contribution in [-0.2, 0) is 4.74 Å². The second-order valence-electron chi connectivity index (χ2n) is 4.20. The lowest BCUT2D eigenvalue weighted by atomic mass is 10.1. The average molecular weight is 260 g/mol. The van der Waals surface area contributed by atoms with Crippen LogP contribution in [0.25, 0.3) is 10.8 Å². The standard InChI is InChI=1S/C14H12O5/c1-7-3-8-5-9(14(18)19-2)6-11(16)13(17)12(8)10(15)4-7/h3-6,15H,1-2H3,(H,16,17). The van der Waals surface area contributed by atoms with E-state index in [2.05, 4.69) is 4.74 Å². The molecule has 98 valence electrons. The van der Waals surface area contributed by atoms with Gasteiger partial charge in [-0.05, 0) is 30.0 Å². The molecule has 0 saturated heterocycles. The van der Waals surface area contributed by atoms with Crippen LogP contribution >= 0.6 is 0 Å². The molecule has 0 aromatic heterocycles. The van der Waals surface area contributed by atoms with Gasteiger partial charge < -0.3 is 14.9 Å². The largest absolute Gasteiger partial charge is 0.507 e. The van der Waals surface area contributed by atoms with Crippen LogP contribution in [0.15, 0.2) is 29.1 Å². The minimum atomic E-state index is -0.755. The van der Waals surface area contributed by atoms with Gasteiger partial charge in [-0.15, -0.1) is 0 Å². The van der Waals surface area contributed by atoms with E-state index in [1.54, 1.807) is 13.0 Å². The number of methoxy groups -OCH3 is 1. The van der Waals surface area contributed by atoms with Crippen LogP contribution in [0.3, 0.4) is 0 Å². The Labute approximate surface area is 108 Å². The molecule has 2 N–H and O–H groups in total. The van der Waals surface area contributed by atoms with E-state index in [0.717, 1.165) is 11.6 Å². The molecule has 2 aromatic rings. The molecule has 0 spiro atoms. The molecular formula is C14H12O5. The van der Waals surface area contributed by atoms with E-state index in [1.165, 1.54) is 19.2 Å². The molecule has 0 aliphatic heterocycles. The second kappa shape index (κ2) is 4.61. The first-order valence-electron chi connectivity index (χ1n) is 5.53. The lowest BCUT2D eigenvalue weighted by Gasteiger charge is -2.01. The van der Waals surface area contributed by atoms with Crippen molar-refractivity contribution in [3.63, 3.8) is 0 Å². The van der Waals surface area contributed by atoms with E-state index in [1.807, 2.05) is 0 Å². The molecule has 0 atom stereocenters. The van der Waals surface area contributed by atoms with Crippen molar-refractivity contribution in [2.75, 3.05) is 7.11 Å². The Hall–Kier alpha value is -2.56. The fourth-order valence-corrected chi connectivity index (χ4v) is 1.94. The number of phenols is 1. The van der Waals surface area contributed by atoms with Gasteiger partial charge in [-0.25, -0.2) is 4.79 Å². The van der Waals surface area contributed by atoms with Gasteiger partial charge in [0.2, 0.25) is 5.43 Å². The lowest BCUT2D eigenvalue weighted by molar-refractivity contribution is 0.0601. The summed E-state index contributed by atoms with van der Waals surface area (Å²) >= 11 is 0. The summed E-state index contributed by atoms with van der Waals surface area (Å²) in [5.74, 6) is -1.49. The summed E-state index contributed by atoms with van der Waals surface area (Å²) in [5, 5.41) is 20.1. The van der Waals surface area contributed by atoms with E-state index in [-0.39, 0.29) is 16.7 Å². The Morgan fingerprint density at radius 1 is 1.16 bits per heavy atom. The molecule has 0 amide bonds. The summed E-state index contributed by atoms with van der Waals surface area (Å²) in [6.45, 7) is 1.75. The molecule has 2 rings (SSSR count). The predicted molar refractivity (Wildman–Crippen MR) is 69.6 cm³/mol. The van der Waals surface area contributed by atoms with E-state index in [9.17, 15) is 19.8 Å². The van der Waals surface area contributed by atoms with Gasteiger partial charge in [0.25, 0.3) is 0 Å². The van der Waals surface area contributed by atoms with Gasteiger partial charge in [-0.2, -0.15) is 0 Å². The molecular weight excluding hydrogens is 248 g/mol. The van der Waals surface area contributed by atoms with Crippen LogP contribution in [0.1, 0.15) is 15.9 Å². The van der Waals surface area contributed by atoms with E-state index in [4.69, 9.17) is 0 Å². The summed E-state index contributed by atoms with van der Waals surface area (Å²) in [6.07, 6.45) is 0. The zero-order valence-electron chi connectivity index (χ0n) is 10.4. The first-order chi connectivity index (χ1) is 8.93. The number of fused-ring (bicyclic) bond motifs is 1. The number of carbonyl (C=O) groups excluding carboxylic acids is 1. The minimum Gasteiger partial charge on any atom is -0.507 e. The molecule has 5 heteroatoms. The molecule has 0 fully saturated rings. The number of hydrogen-bond acceptors (Lipinski definition) is 5. The summed E-state index contributed by atoms with van der Waals surface area (Å²) in [5.41, 5.74) is -0.00350. The SMILES string of the molecule is COC(=O)c1cc(=O)c(O)c2c(O)cc(C)cc2c1. The van der Waals surface area contributed by atoms with Crippen molar-refractivity contribution >= 4 is 16.7 Å². The Morgan fingerprint density at radius 3 is 2.47 bits per heavy atom. The first-order valence-corrected chi connectivity index (χ1v) is 5.53. The minimum absolute atomic E-state index is 0.0165. The topological polar surface area (TPSA) is 83.8 Å². The van der Waals surface area contributed by atoms with E-state index in [0.29, 0.717) is 5.39 Å². The van der Waals surface area contributed by atoms with Crippen molar-refractivity contribution in [1.29, 1.82) is 0 Å². The van der Waals surface area contributed by atoms with Gasteiger partial charge >= 0.3 is 5.97 Å². The summed E-state index contributed by atoms with van der Waals surface area (Å²) in [6, 6.07) is 5.46. The number of carbonyl (C=O) groups is 1. The maximum Gasteiger partial charge on any atom is 0.338 e. The van der Waals surface area contributed by atoms with Gasteiger partial charge in [0.1, 0.15) is 5.75 Å². The lowest BCUT2D eigenvalue weighted by Crippen LogP contribution is -2.03. The number of esters is 1. The Balaban J connectivity index is 2.99. The van der Waals surface area contributed by atoms with Crippen LogP contribution in [0, 0.1) is 6.92 Å².